The minimum atomic E-state index is -0.0440. The molecule has 0 saturated heterocycles. The Morgan fingerprint density at radius 2 is 2.21 bits per heavy atom. The lowest BCUT2D eigenvalue weighted by Crippen LogP contribution is -2.17. The molecule has 19 heavy (non-hydrogen) atoms. The Balaban J connectivity index is 2.18. The predicted octanol–water partition coefficient (Wildman–Crippen LogP) is 3.56. The van der Waals surface area contributed by atoms with Gasteiger partial charge in [0, 0.05) is 11.8 Å². The summed E-state index contributed by atoms with van der Waals surface area (Å²) in [6, 6.07) is 6.17. The van der Waals surface area contributed by atoms with Gasteiger partial charge in [-0.15, -0.1) is 6.58 Å². The van der Waals surface area contributed by atoms with Crippen molar-refractivity contribution in [1.29, 1.82) is 0 Å². The Bertz CT molecular complexity index is 610. The molecule has 98 valence electrons. The van der Waals surface area contributed by atoms with E-state index < -0.39 is 0 Å². The maximum absolute atomic E-state index is 12.1. The van der Waals surface area contributed by atoms with Crippen LogP contribution in [0.1, 0.15) is 30.9 Å². The number of fused-ring (bicyclic) bond motifs is 3. The van der Waals surface area contributed by atoms with Crippen molar-refractivity contribution in [3.05, 3.63) is 47.6 Å². The second-order valence-electron chi connectivity index (χ2n) is 5.57. The summed E-state index contributed by atoms with van der Waals surface area (Å²) < 4.78 is 5.30. The van der Waals surface area contributed by atoms with Crippen molar-refractivity contribution in [2.24, 2.45) is 5.41 Å². The highest BCUT2D eigenvalue weighted by atomic mass is 16.5. The van der Waals surface area contributed by atoms with E-state index in [0.29, 0.717) is 12.2 Å². The maximum Gasteiger partial charge on any atom is 0.159 e. The molecule has 1 atom stereocenters. The van der Waals surface area contributed by atoms with Crippen molar-refractivity contribution in [3.8, 4) is 5.75 Å². The first-order valence-corrected chi connectivity index (χ1v) is 6.64. The van der Waals surface area contributed by atoms with Gasteiger partial charge in [-0.05, 0) is 54.2 Å². The number of hydrogen-bond acceptors (Lipinski definition) is 2. The zero-order valence-corrected chi connectivity index (χ0v) is 11.5. The third-order valence-corrected chi connectivity index (χ3v) is 4.47. The molecule has 0 aromatic heterocycles. The summed E-state index contributed by atoms with van der Waals surface area (Å²) in [4.78, 5) is 12.1. The van der Waals surface area contributed by atoms with E-state index in [-0.39, 0.29) is 5.41 Å². The van der Waals surface area contributed by atoms with E-state index in [2.05, 4.69) is 18.7 Å². The SMILES string of the molecule is C=CCC12CC(=O)C(C)=C1c1ccc(OC)cc1C2. The first kappa shape index (κ1) is 12.2. The molecule has 0 amide bonds. The van der Waals surface area contributed by atoms with Crippen LogP contribution in [0, 0.1) is 5.41 Å². The van der Waals surface area contributed by atoms with E-state index in [1.54, 1.807) is 7.11 Å². The van der Waals surface area contributed by atoms with Crippen molar-refractivity contribution < 1.29 is 9.53 Å². The highest BCUT2D eigenvalue weighted by molar-refractivity contribution is 6.10. The molecule has 0 aliphatic heterocycles. The predicted molar refractivity (Wildman–Crippen MR) is 76.2 cm³/mol. The van der Waals surface area contributed by atoms with E-state index in [1.165, 1.54) is 16.7 Å². The van der Waals surface area contributed by atoms with E-state index in [1.807, 2.05) is 19.1 Å². The third-order valence-electron chi connectivity index (χ3n) is 4.47. The summed E-state index contributed by atoms with van der Waals surface area (Å²) in [6.45, 7) is 5.83. The van der Waals surface area contributed by atoms with Crippen LogP contribution in [0.25, 0.3) is 5.57 Å². The van der Waals surface area contributed by atoms with Gasteiger partial charge in [0.05, 0.1) is 7.11 Å². The number of rotatable bonds is 3. The average Bonchev–Trinajstić information content (AvgIpc) is 2.81. The topological polar surface area (TPSA) is 26.3 Å². The molecule has 2 heteroatoms. The van der Waals surface area contributed by atoms with E-state index in [0.717, 1.165) is 24.2 Å². The molecule has 3 rings (SSSR count). The van der Waals surface area contributed by atoms with E-state index in [4.69, 9.17) is 4.74 Å². The normalized spacial score (nSPS) is 24.4. The van der Waals surface area contributed by atoms with Crippen molar-refractivity contribution in [2.75, 3.05) is 7.11 Å². The second-order valence-corrected chi connectivity index (χ2v) is 5.57. The number of benzene rings is 1. The highest BCUT2D eigenvalue weighted by Gasteiger charge is 2.48. The van der Waals surface area contributed by atoms with Crippen LogP contribution < -0.4 is 4.74 Å². The standard InChI is InChI=1S/C17H18O2/c1-4-7-17-9-12-8-13(19-3)5-6-14(12)16(17)11(2)15(18)10-17/h4-6,8H,1,7,9-10H2,2-3H3. The molecule has 1 aromatic rings. The van der Waals surface area contributed by atoms with Crippen LogP contribution in [0.2, 0.25) is 0 Å². The van der Waals surface area contributed by atoms with Crippen LogP contribution in [0.3, 0.4) is 0 Å². The first-order valence-electron chi connectivity index (χ1n) is 6.64. The van der Waals surface area contributed by atoms with Gasteiger partial charge in [-0.2, -0.15) is 0 Å². The Labute approximate surface area is 113 Å². The molecule has 2 nitrogen and oxygen atoms in total. The summed E-state index contributed by atoms with van der Waals surface area (Å²) >= 11 is 0. The highest BCUT2D eigenvalue weighted by Crippen LogP contribution is 2.57. The second kappa shape index (κ2) is 4.09. The number of ketones is 1. The summed E-state index contributed by atoms with van der Waals surface area (Å²) in [5, 5.41) is 0. The summed E-state index contributed by atoms with van der Waals surface area (Å²) in [7, 11) is 1.69. The molecular weight excluding hydrogens is 236 g/mol. The summed E-state index contributed by atoms with van der Waals surface area (Å²) in [5.74, 6) is 1.18. The molecule has 0 spiro atoms. The molecular formula is C17H18O2. The maximum atomic E-state index is 12.1. The van der Waals surface area contributed by atoms with Crippen LogP contribution in [-0.4, -0.2) is 12.9 Å². The fourth-order valence-corrected chi connectivity index (χ4v) is 3.68. The van der Waals surface area contributed by atoms with Gasteiger partial charge in [-0.1, -0.05) is 12.1 Å². The van der Waals surface area contributed by atoms with Crippen LogP contribution >= 0.6 is 0 Å². The van der Waals surface area contributed by atoms with Gasteiger partial charge in [0.15, 0.2) is 5.78 Å². The number of hydrogen-bond donors (Lipinski definition) is 0. The third kappa shape index (κ3) is 1.59. The quantitative estimate of drug-likeness (QED) is 0.771. The van der Waals surface area contributed by atoms with E-state index in [9.17, 15) is 4.79 Å². The molecule has 1 unspecified atom stereocenters. The van der Waals surface area contributed by atoms with E-state index >= 15 is 0 Å². The number of carbonyl (C=O) groups is 1. The van der Waals surface area contributed by atoms with Gasteiger partial charge >= 0.3 is 0 Å². The number of carbonyl (C=O) groups excluding carboxylic acids is 1. The van der Waals surface area contributed by atoms with Crippen LogP contribution in [0.4, 0.5) is 0 Å². The lowest BCUT2D eigenvalue weighted by molar-refractivity contribution is -0.116. The zero-order valence-electron chi connectivity index (χ0n) is 11.5. The molecule has 0 heterocycles. The zero-order chi connectivity index (χ0) is 13.6. The van der Waals surface area contributed by atoms with Crippen LogP contribution in [0.5, 0.6) is 5.75 Å². The van der Waals surface area contributed by atoms with Gasteiger partial charge in [0.1, 0.15) is 5.75 Å². The monoisotopic (exact) mass is 254 g/mol. The average molecular weight is 254 g/mol. The summed E-state index contributed by atoms with van der Waals surface area (Å²) in [6.07, 6.45) is 4.35. The van der Waals surface area contributed by atoms with Crippen LogP contribution in [-0.2, 0) is 11.2 Å². The molecule has 0 bridgehead atoms. The van der Waals surface area contributed by atoms with Gasteiger partial charge < -0.3 is 4.74 Å². The minimum absolute atomic E-state index is 0.0440. The molecule has 0 saturated carbocycles. The Hall–Kier alpha value is -1.83. The van der Waals surface area contributed by atoms with Crippen molar-refractivity contribution in [2.45, 2.75) is 26.2 Å². The molecule has 2 aliphatic carbocycles. The van der Waals surface area contributed by atoms with Gasteiger partial charge in [0.25, 0.3) is 0 Å². The fraction of sp³-hybridized carbons (Fsp3) is 0.353. The Kier molecular flexibility index (Phi) is 2.63. The van der Waals surface area contributed by atoms with Crippen molar-refractivity contribution >= 4 is 11.4 Å². The van der Waals surface area contributed by atoms with Crippen molar-refractivity contribution in [3.63, 3.8) is 0 Å². The largest absolute Gasteiger partial charge is 0.497 e. The van der Waals surface area contributed by atoms with Crippen molar-refractivity contribution in [1.82, 2.24) is 0 Å². The Morgan fingerprint density at radius 3 is 2.89 bits per heavy atom. The number of ether oxygens (including phenoxy) is 1. The first-order chi connectivity index (χ1) is 9.11. The number of allylic oxidation sites excluding steroid dienone is 3. The molecule has 0 fully saturated rings. The Morgan fingerprint density at radius 1 is 1.42 bits per heavy atom. The van der Waals surface area contributed by atoms with Gasteiger partial charge in [-0.3, -0.25) is 4.79 Å². The van der Waals surface area contributed by atoms with Gasteiger partial charge in [-0.25, -0.2) is 0 Å². The molecule has 1 aromatic carbocycles. The minimum Gasteiger partial charge on any atom is -0.497 e. The number of Topliss-reactive ketones (excluding diaryl/α,β-unsaturated/α-hetero) is 1. The lowest BCUT2D eigenvalue weighted by Gasteiger charge is -2.24. The number of methoxy groups -OCH3 is 1. The molecule has 0 N–H and O–H groups in total. The van der Waals surface area contributed by atoms with Crippen LogP contribution in [0.15, 0.2) is 36.4 Å². The summed E-state index contributed by atoms with van der Waals surface area (Å²) in [5.41, 5.74) is 4.66. The molecule has 0 radical (unpaired) electrons. The van der Waals surface area contributed by atoms with Gasteiger partial charge in [0.2, 0.25) is 0 Å². The molecule has 2 aliphatic rings. The lowest BCUT2D eigenvalue weighted by atomic mass is 9.78. The fourth-order valence-electron chi connectivity index (χ4n) is 3.68. The smallest absolute Gasteiger partial charge is 0.159 e.